The molecule has 0 aliphatic rings. The lowest BCUT2D eigenvalue weighted by molar-refractivity contribution is 0.0601. The molecule has 2 N–H and O–H groups in total. The van der Waals surface area contributed by atoms with Crippen LogP contribution in [-0.4, -0.2) is 22.6 Å². The van der Waals surface area contributed by atoms with E-state index in [0.29, 0.717) is 0 Å². The van der Waals surface area contributed by atoms with Crippen LogP contribution in [0.15, 0.2) is 24.5 Å². The zero-order valence-electron chi connectivity index (χ0n) is 10.5. The van der Waals surface area contributed by atoms with Gasteiger partial charge in [-0.15, -0.1) is 0 Å². The summed E-state index contributed by atoms with van der Waals surface area (Å²) in [5.74, 6) is -0.594. The van der Waals surface area contributed by atoms with Crippen molar-refractivity contribution >= 4 is 11.7 Å². The maximum atomic E-state index is 11.8. The average molecular weight is 267 g/mol. The summed E-state index contributed by atoms with van der Waals surface area (Å²) in [6, 6.07) is 8.38. The number of rotatable bonds is 2. The molecule has 1 aromatic carbocycles. The maximum absolute atomic E-state index is 11.8. The SMILES string of the molecule is COC(=O)c1cccc(N)c1-n1cnc(C#N)c1C#N. The Morgan fingerprint density at radius 3 is 2.75 bits per heavy atom. The molecule has 20 heavy (non-hydrogen) atoms. The Bertz CT molecular complexity index is 764. The number of aromatic nitrogens is 2. The number of hydrogen-bond acceptors (Lipinski definition) is 6. The molecular weight excluding hydrogens is 258 g/mol. The molecule has 0 aliphatic heterocycles. The summed E-state index contributed by atoms with van der Waals surface area (Å²) >= 11 is 0. The topological polar surface area (TPSA) is 118 Å². The largest absolute Gasteiger partial charge is 0.465 e. The molecular formula is C13H9N5O2. The van der Waals surface area contributed by atoms with Crippen LogP contribution >= 0.6 is 0 Å². The minimum atomic E-state index is -0.594. The third kappa shape index (κ3) is 1.93. The van der Waals surface area contributed by atoms with E-state index in [4.69, 9.17) is 16.3 Å². The highest BCUT2D eigenvalue weighted by molar-refractivity contribution is 5.96. The van der Waals surface area contributed by atoms with Gasteiger partial charge in [-0.05, 0) is 12.1 Å². The Labute approximate surface area is 114 Å². The average Bonchev–Trinajstić information content (AvgIpc) is 2.88. The molecule has 1 aromatic heterocycles. The summed E-state index contributed by atoms with van der Waals surface area (Å²) in [6.45, 7) is 0. The van der Waals surface area contributed by atoms with Crippen LogP contribution < -0.4 is 5.73 Å². The van der Waals surface area contributed by atoms with Crippen molar-refractivity contribution in [3.63, 3.8) is 0 Å². The molecule has 2 rings (SSSR count). The molecule has 0 atom stereocenters. The molecule has 0 amide bonds. The third-order valence-corrected chi connectivity index (χ3v) is 2.69. The highest BCUT2D eigenvalue weighted by Gasteiger charge is 2.20. The van der Waals surface area contributed by atoms with E-state index in [0.717, 1.165) is 0 Å². The van der Waals surface area contributed by atoms with Crippen LogP contribution in [0, 0.1) is 22.7 Å². The lowest BCUT2D eigenvalue weighted by Gasteiger charge is -2.12. The van der Waals surface area contributed by atoms with Gasteiger partial charge >= 0.3 is 5.97 Å². The zero-order chi connectivity index (χ0) is 14.7. The number of ether oxygens (including phenoxy) is 1. The second-order valence-electron chi connectivity index (χ2n) is 3.77. The summed E-state index contributed by atoms with van der Waals surface area (Å²) in [5.41, 5.74) is 6.57. The van der Waals surface area contributed by atoms with Crippen molar-refractivity contribution in [2.24, 2.45) is 0 Å². The van der Waals surface area contributed by atoms with Crippen molar-refractivity contribution in [3.05, 3.63) is 41.5 Å². The van der Waals surface area contributed by atoms with Gasteiger partial charge < -0.3 is 10.5 Å². The van der Waals surface area contributed by atoms with Gasteiger partial charge in [-0.1, -0.05) is 6.07 Å². The van der Waals surface area contributed by atoms with E-state index in [1.54, 1.807) is 12.1 Å². The highest BCUT2D eigenvalue weighted by atomic mass is 16.5. The number of nitrogen functional groups attached to an aromatic ring is 1. The van der Waals surface area contributed by atoms with Gasteiger partial charge in [-0.3, -0.25) is 4.57 Å². The van der Waals surface area contributed by atoms with E-state index in [1.807, 2.05) is 12.1 Å². The molecule has 7 heteroatoms. The normalized spacial score (nSPS) is 9.55. The van der Waals surface area contributed by atoms with Crippen LogP contribution in [0.4, 0.5) is 5.69 Å². The first-order valence-electron chi connectivity index (χ1n) is 5.48. The van der Waals surface area contributed by atoms with Gasteiger partial charge in [0.05, 0.1) is 24.0 Å². The van der Waals surface area contributed by atoms with Gasteiger partial charge in [0.2, 0.25) is 0 Å². The van der Waals surface area contributed by atoms with Crippen LogP contribution in [0.2, 0.25) is 0 Å². The van der Waals surface area contributed by atoms with Crippen molar-refractivity contribution in [3.8, 4) is 17.8 Å². The lowest BCUT2D eigenvalue weighted by Crippen LogP contribution is -2.11. The summed E-state index contributed by atoms with van der Waals surface area (Å²) in [6.07, 6.45) is 1.27. The number of carbonyl (C=O) groups excluding carboxylic acids is 1. The minimum absolute atomic E-state index is 0.00977. The molecule has 0 spiro atoms. The number of methoxy groups -OCH3 is 1. The van der Waals surface area contributed by atoms with Crippen molar-refractivity contribution in [1.29, 1.82) is 10.5 Å². The Hall–Kier alpha value is -3.32. The predicted molar refractivity (Wildman–Crippen MR) is 68.7 cm³/mol. The smallest absolute Gasteiger partial charge is 0.340 e. The van der Waals surface area contributed by atoms with Gasteiger partial charge in [0.15, 0.2) is 11.4 Å². The predicted octanol–water partition coefficient (Wildman–Crippen LogP) is 0.984. The van der Waals surface area contributed by atoms with Crippen LogP contribution in [0.3, 0.4) is 0 Å². The first-order valence-corrected chi connectivity index (χ1v) is 5.48. The van der Waals surface area contributed by atoms with E-state index in [2.05, 4.69) is 9.72 Å². The molecule has 0 saturated carbocycles. The first kappa shape index (κ1) is 13.1. The molecule has 0 saturated heterocycles. The van der Waals surface area contributed by atoms with Gasteiger partial charge in [0.25, 0.3) is 0 Å². The van der Waals surface area contributed by atoms with Crippen LogP contribution in [-0.2, 0) is 4.74 Å². The molecule has 2 aromatic rings. The number of nitriles is 2. The second kappa shape index (κ2) is 5.12. The fourth-order valence-corrected chi connectivity index (χ4v) is 1.81. The molecule has 0 fully saturated rings. The van der Waals surface area contributed by atoms with E-state index in [9.17, 15) is 4.79 Å². The van der Waals surface area contributed by atoms with Crippen LogP contribution in [0.1, 0.15) is 21.7 Å². The Morgan fingerprint density at radius 1 is 1.40 bits per heavy atom. The molecule has 0 aliphatic carbocycles. The fourth-order valence-electron chi connectivity index (χ4n) is 1.81. The van der Waals surface area contributed by atoms with Crippen molar-refractivity contribution < 1.29 is 9.53 Å². The monoisotopic (exact) mass is 267 g/mol. The van der Waals surface area contributed by atoms with E-state index < -0.39 is 5.97 Å². The number of hydrogen-bond donors (Lipinski definition) is 1. The standard InChI is InChI=1S/C13H9N5O2/c1-20-13(19)8-3-2-4-9(16)12(8)18-7-17-10(5-14)11(18)6-15/h2-4,7H,16H2,1H3. The summed E-state index contributed by atoms with van der Waals surface area (Å²) in [5, 5.41) is 18.0. The molecule has 0 unspecified atom stereocenters. The number of esters is 1. The van der Waals surface area contributed by atoms with Gasteiger partial charge in [-0.2, -0.15) is 10.5 Å². The summed E-state index contributed by atoms with van der Waals surface area (Å²) in [7, 11) is 1.25. The molecule has 1 heterocycles. The van der Waals surface area contributed by atoms with Crippen LogP contribution in [0.25, 0.3) is 5.69 Å². The van der Waals surface area contributed by atoms with Crippen molar-refractivity contribution in [2.45, 2.75) is 0 Å². The van der Waals surface area contributed by atoms with Gasteiger partial charge in [0.1, 0.15) is 18.5 Å². The van der Waals surface area contributed by atoms with E-state index >= 15 is 0 Å². The van der Waals surface area contributed by atoms with Gasteiger partial charge in [-0.25, -0.2) is 9.78 Å². The lowest BCUT2D eigenvalue weighted by atomic mass is 10.1. The Morgan fingerprint density at radius 2 is 2.15 bits per heavy atom. The number of anilines is 1. The van der Waals surface area contributed by atoms with Crippen molar-refractivity contribution in [1.82, 2.24) is 9.55 Å². The second-order valence-corrected chi connectivity index (χ2v) is 3.77. The molecule has 7 nitrogen and oxygen atoms in total. The Balaban J connectivity index is 2.77. The number of carbonyl (C=O) groups is 1. The number of benzene rings is 1. The molecule has 0 radical (unpaired) electrons. The quantitative estimate of drug-likeness (QED) is 0.640. The number of nitrogens with zero attached hydrogens (tertiary/aromatic N) is 4. The van der Waals surface area contributed by atoms with E-state index in [-0.39, 0.29) is 28.3 Å². The fraction of sp³-hybridized carbons (Fsp3) is 0.0769. The summed E-state index contributed by atoms with van der Waals surface area (Å²) in [4.78, 5) is 15.6. The number of nitrogens with two attached hydrogens (primary N) is 1. The summed E-state index contributed by atoms with van der Waals surface area (Å²) < 4.78 is 5.99. The molecule has 98 valence electrons. The van der Waals surface area contributed by atoms with Gasteiger partial charge in [0, 0.05) is 0 Å². The Kier molecular flexibility index (Phi) is 3.36. The molecule has 0 bridgehead atoms. The number of para-hydroxylation sites is 1. The minimum Gasteiger partial charge on any atom is -0.465 e. The zero-order valence-corrected chi connectivity index (χ0v) is 10.5. The third-order valence-electron chi connectivity index (χ3n) is 2.69. The number of imidazole rings is 1. The van der Waals surface area contributed by atoms with E-state index in [1.165, 1.54) is 24.1 Å². The maximum Gasteiger partial charge on any atom is 0.340 e. The highest BCUT2D eigenvalue weighted by Crippen LogP contribution is 2.25. The van der Waals surface area contributed by atoms with Crippen LogP contribution in [0.5, 0.6) is 0 Å². The van der Waals surface area contributed by atoms with Crippen molar-refractivity contribution in [2.75, 3.05) is 12.8 Å². The first-order chi connectivity index (χ1) is 9.63.